The van der Waals surface area contributed by atoms with Gasteiger partial charge in [0.25, 0.3) is 5.69 Å². The summed E-state index contributed by atoms with van der Waals surface area (Å²) in [5, 5.41) is 11.1. The number of halogens is 1. The summed E-state index contributed by atoms with van der Waals surface area (Å²) in [6.07, 6.45) is 0.633. The van der Waals surface area contributed by atoms with Gasteiger partial charge in [0, 0.05) is 39.2 Å². The van der Waals surface area contributed by atoms with Gasteiger partial charge in [0.15, 0.2) is 0 Å². The van der Waals surface area contributed by atoms with E-state index < -0.39 is 15.7 Å². The molecular weight excluding hydrogens is 276 g/mol. The molecule has 1 rings (SSSR count). The molecular formula is C11H15ClN2O3S. The molecule has 0 radical (unpaired) electrons. The van der Waals surface area contributed by atoms with Crippen molar-refractivity contribution in [1.29, 1.82) is 0 Å². The Bertz CT molecular complexity index is 466. The van der Waals surface area contributed by atoms with Crippen LogP contribution in [0.5, 0.6) is 0 Å². The second-order valence-corrected chi connectivity index (χ2v) is 6.10. The maximum Gasteiger partial charge on any atom is 0.275 e. The molecule has 2 unspecified atom stereocenters. The molecule has 5 nitrogen and oxygen atoms in total. The highest BCUT2D eigenvalue weighted by Crippen LogP contribution is 2.24. The average Bonchev–Trinajstić information content (AvgIpc) is 2.28. The third kappa shape index (κ3) is 4.72. The molecule has 0 aliphatic rings. The number of rotatable bonds is 6. The lowest BCUT2D eigenvalue weighted by atomic mass is 10.2. The second-order valence-electron chi connectivity index (χ2n) is 4.08. The van der Waals surface area contributed by atoms with E-state index in [1.165, 1.54) is 6.07 Å². The number of nitro benzene ring substituents is 1. The van der Waals surface area contributed by atoms with Gasteiger partial charge in [-0.15, -0.1) is 0 Å². The molecule has 0 amide bonds. The molecule has 1 aromatic carbocycles. The molecule has 100 valence electrons. The first-order valence-electron chi connectivity index (χ1n) is 5.43. The van der Waals surface area contributed by atoms with Crippen LogP contribution in [0, 0.1) is 10.1 Å². The van der Waals surface area contributed by atoms with E-state index in [0.717, 1.165) is 0 Å². The van der Waals surface area contributed by atoms with Gasteiger partial charge in [0.1, 0.15) is 0 Å². The number of hydrogen-bond donors (Lipinski definition) is 1. The van der Waals surface area contributed by atoms with Crippen LogP contribution in [0.1, 0.15) is 18.9 Å². The molecule has 7 heteroatoms. The van der Waals surface area contributed by atoms with Crippen LogP contribution < -0.4 is 5.73 Å². The standard InChI is InChI=1S/C11H15ClN2O3S/c1-8(13)4-5-18(17)7-9-2-3-10(12)6-11(9)14(15)16/h2-3,6,8H,4-5,7,13H2,1H3. The van der Waals surface area contributed by atoms with E-state index in [1.54, 1.807) is 12.1 Å². The van der Waals surface area contributed by atoms with Crippen molar-refractivity contribution >= 4 is 28.1 Å². The van der Waals surface area contributed by atoms with Crippen molar-refractivity contribution < 1.29 is 9.13 Å². The smallest absolute Gasteiger partial charge is 0.275 e. The number of nitrogens with zero attached hydrogens (tertiary/aromatic N) is 1. The first-order chi connectivity index (χ1) is 8.40. The van der Waals surface area contributed by atoms with Crippen molar-refractivity contribution in [2.24, 2.45) is 5.73 Å². The first kappa shape index (κ1) is 15.1. The number of benzene rings is 1. The molecule has 0 spiro atoms. The fourth-order valence-electron chi connectivity index (χ4n) is 1.39. The van der Waals surface area contributed by atoms with Crippen LogP contribution in [0.3, 0.4) is 0 Å². The van der Waals surface area contributed by atoms with Crippen LogP contribution in [0.25, 0.3) is 0 Å². The van der Waals surface area contributed by atoms with Crippen molar-refractivity contribution in [2.75, 3.05) is 5.75 Å². The van der Waals surface area contributed by atoms with Crippen molar-refractivity contribution in [3.05, 3.63) is 38.9 Å². The molecule has 0 aromatic heterocycles. The Balaban J connectivity index is 2.78. The minimum Gasteiger partial charge on any atom is -0.328 e. The lowest BCUT2D eigenvalue weighted by molar-refractivity contribution is -0.385. The van der Waals surface area contributed by atoms with E-state index in [9.17, 15) is 14.3 Å². The Morgan fingerprint density at radius 2 is 2.22 bits per heavy atom. The predicted molar refractivity (Wildman–Crippen MR) is 73.1 cm³/mol. The summed E-state index contributed by atoms with van der Waals surface area (Å²) in [5.41, 5.74) is 5.92. The van der Waals surface area contributed by atoms with E-state index in [-0.39, 0.29) is 17.5 Å². The van der Waals surface area contributed by atoms with Crippen LogP contribution >= 0.6 is 11.6 Å². The lowest BCUT2D eigenvalue weighted by Gasteiger charge is -2.06. The maximum absolute atomic E-state index is 11.8. The van der Waals surface area contributed by atoms with Gasteiger partial charge < -0.3 is 5.73 Å². The Hall–Kier alpha value is -0.980. The third-order valence-corrected chi connectivity index (χ3v) is 3.92. The average molecular weight is 291 g/mol. The van der Waals surface area contributed by atoms with E-state index >= 15 is 0 Å². The SMILES string of the molecule is CC(N)CCS(=O)Cc1ccc(Cl)cc1[N+](=O)[O-]. The lowest BCUT2D eigenvalue weighted by Crippen LogP contribution is -2.18. The molecule has 2 N–H and O–H groups in total. The molecule has 0 fully saturated rings. The van der Waals surface area contributed by atoms with Crippen molar-refractivity contribution in [1.82, 2.24) is 0 Å². The highest BCUT2D eigenvalue weighted by atomic mass is 35.5. The molecule has 0 bridgehead atoms. The summed E-state index contributed by atoms with van der Waals surface area (Å²) in [6, 6.07) is 4.37. The fraction of sp³-hybridized carbons (Fsp3) is 0.455. The maximum atomic E-state index is 11.8. The minimum atomic E-state index is -1.15. The number of nitrogens with two attached hydrogens (primary N) is 1. The zero-order valence-electron chi connectivity index (χ0n) is 9.97. The van der Waals surface area contributed by atoms with Gasteiger partial charge in [-0.2, -0.15) is 0 Å². The summed E-state index contributed by atoms with van der Waals surface area (Å²) < 4.78 is 11.8. The van der Waals surface area contributed by atoms with Gasteiger partial charge in [0.05, 0.1) is 10.7 Å². The van der Waals surface area contributed by atoms with E-state index in [1.807, 2.05) is 6.92 Å². The second kappa shape index (κ2) is 6.82. The number of hydrogen-bond acceptors (Lipinski definition) is 4. The van der Waals surface area contributed by atoms with Crippen molar-refractivity contribution in [3.8, 4) is 0 Å². The molecule has 1 aromatic rings. The van der Waals surface area contributed by atoms with Crippen LogP contribution in [-0.2, 0) is 16.6 Å². The molecule has 0 aliphatic carbocycles. The van der Waals surface area contributed by atoms with Gasteiger partial charge in [-0.1, -0.05) is 11.6 Å². The summed E-state index contributed by atoms with van der Waals surface area (Å²) in [6.45, 7) is 1.84. The summed E-state index contributed by atoms with van der Waals surface area (Å²) in [4.78, 5) is 10.3. The molecule has 0 saturated carbocycles. The van der Waals surface area contributed by atoms with Crippen LogP contribution in [0.2, 0.25) is 5.02 Å². The minimum absolute atomic E-state index is 0.0193. The van der Waals surface area contributed by atoms with Gasteiger partial charge in [-0.05, 0) is 25.5 Å². The molecule has 0 heterocycles. The van der Waals surface area contributed by atoms with Crippen molar-refractivity contribution in [2.45, 2.75) is 25.1 Å². The Kier molecular flexibility index (Phi) is 5.71. The topological polar surface area (TPSA) is 86.2 Å². The highest BCUT2D eigenvalue weighted by Gasteiger charge is 2.16. The molecule has 2 atom stereocenters. The highest BCUT2D eigenvalue weighted by molar-refractivity contribution is 7.84. The van der Waals surface area contributed by atoms with Gasteiger partial charge >= 0.3 is 0 Å². The largest absolute Gasteiger partial charge is 0.328 e. The normalized spacial score (nSPS) is 14.2. The summed E-state index contributed by atoms with van der Waals surface area (Å²) >= 11 is 5.70. The fourth-order valence-corrected chi connectivity index (χ4v) is 2.93. The van der Waals surface area contributed by atoms with E-state index in [2.05, 4.69) is 0 Å². The molecule has 0 aliphatic heterocycles. The van der Waals surface area contributed by atoms with Gasteiger partial charge in [-0.25, -0.2) is 0 Å². The zero-order valence-corrected chi connectivity index (χ0v) is 11.5. The monoisotopic (exact) mass is 290 g/mol. The summed E-state index contributed by atoms with van der Waals surface area (Å²) in [5.74, 6) is 0.595. The quantitative estimate of drug-likeness (QED) is 0.643. The van der Waals surface area contributed by atoms with Crippen molar-refractivity contribution in [3.63, 3.8) is 0 Å². The first-order valence-corrected chi connectivity index (χ1v) is 7.30. The van der Waals surface area contributed by atoms with Gasteiger partial charge in [-0.3, -0.25) is 14.3 Å². The predicted octanol–water partition coefficient (Wildman–Crippen LogP) is 2.23. The number of nitro groups is 1. The van der Waals surface area contributed by atoms with Crippen LogP contribution in [-0.4, -0.2) is 20.9 Å². The summed E-state index contributed by atoms with van der Waals surface area (Å²) in [7, 11) is -1.15. The Morgan fingerprint density at radius 1 is 1.56 bits per heavy atom. The third-order valence-electron chi connectivity index (χ3n) is 2.36. The van der Waals surface area contributed by atoms with E-state index in [4.69, 9.17) is 17.3 Å². The zero-order chi connectivity index (χ0) is 13.7. The Morgan fingerprint density at radius 3 is 2.78 bits per heavy atom. The van der Waals surface area contributed by atoms with Crippen LogP contribution in [0.15, 0.2) is 18.2 Å². The van der Waals surface area contributed by atoms with Crippen LogP contribution in [0.4, 0.5) is 5.69 Å². The van der Waals surface area contributed by atoms with Gasteiger partial charge in [0.2, 0.25) is 0 Å². The molecule has 0 saturated heterocycles. The molecule has 18 heavy (non-hydrogen) atoms. The Labute approximate surface area is 113 Å². The van der Waals surface area contributed by atoms with E-state index in [0.29, 0.717) is 22.8 Å².